The fourth-order valence-corrected chi connectivity index (χ4v) is 12.8. The largest absolute Gasteiger partial charge is 0.394 e. The van der Waals surface area contributed by atoms with E-state index in [2.05, 4.69) is 92.1 Å². The molecule has 0 radical (unpaired) electrons. The van der Waals surface area contributed by atoms with Crippen LogP contribution in [0.4, 0.5) is 0 Å². The van der Waals surface area contributed by atoms with Crippen LogP contribution in [0.2, 0.25) is 0 Å². The van der Waals surface area contributed by atoms with Crippen molar-refractivity contribution in [3.05, 3.63) is 85.1 Å². The molecule has 2 aliphatic rings. The monoisotopic (exact) mass is 1350 g/mol. The SMILES string of the molecule is CC/C=C\C/C=C\C/C=C\C/C=C\CCCCCCCCCCCCCCCCCCCCCCCCC(=O)NC(COC1OC(CO)C(OC2OC(CO)C(O)C(O)C2O)C(O)C1O)C(O)/C=C/CC/C=C/CC/C=C/CCCCCCCCCCCCCCCCCCC. The van der Waals surface area contributed by atoms with Crippen molar-refractivity contribution in [1.29, 1.82) is 0 Å². The molecule has 0 saturated carbocycles. The molecule has 0 spiro atoms. The summed E-state index contributed by atoms with van der Waals surface area (Å²) in [6, 6.07) is -0.942. The van der Waals surface area contributed by atoms with E-state index in [1.165, 1.54) is 231 Å². The smallest absolute Gasteiger partial charge is 0.220 e. The van der Waals surface area contributed by atoms with Crippen LogP contribution in [0, 0.1) is 0 Å². The Kier molecular flexibility index (Phi) is 60.9. The first kappa shape index (κ1) is 89.3. The minimum atomic E-state index is -1.80. The topological polar surface area (TPSA) is 228 Å². The molecular weight excluding hydrogens is 1210 g/mol. The number of rotatable bonds is 66. The lowest BCUT2D eigenvalue weighted by molar-refractivity contribution is -0.359. The van der Waals surface area contributed by atoms with Gasteiger partial charge in [-0.3, -0.25) is 4.79 Å². The van der Waals surface area contributed by atoms with Gasteiger partial charge in [-0.2, -0.15) is 0 Å². The minimum absolute atomic E-state index is 0.249. The zero-order valence-corrected chi connectivity index (χ0v) is 61.1. The Bertz CT molecular complexity index is 1940. The maximum atomic E-state index is 13.4. The summed E-state index contributed by atoms with van der Waals surface area (Å²) >= 11 is 0. The quantitative estimate of drug-likeness (QED) is 0.0204. The lowest BCUT2D eigenvalue weighted by atomic mass is 9.97. The predicted octanol–water partition coefficient (Wildman–Crippen LogP) is 17.9. The lowest BCUT2D eigenvalue weighted by Gasteiger charge is -2.46. The second-order valence-electron chi connectivity index (χ2n) is 27.8. The summed E-state index contributed by atoms with van der Waals surface area (Å²) < 4.78 is 22.9. The number of hydrogen-bond donors (Lipinski definition) is 9. The van der Waals surface area contributed by atoms with Crippen LogP contribution in [0.1, 0.15) is 335 Å². The zero-order valence-electron chi connectivity index (χ0n) is 61.1. The average Bonchev–Trinajstić information content (AvgIpc) is 0.797. The van der Waals surface area contributed by atoms with Gasteiger partial charge in [0.05, 0.1) is 32.0 Å². The molecule has 558 valence electrons. The lowest BCUT2D eigenvalue weighted by Crippen LogP contribution is -2.65. The van der Waals surface area contributed by atoms with E-state index in [9.17, 15) is 45.6 Å². The Hall–Kier alpha value is -2.83. The molecule has 0 aromatic heterocycles. The third-order valence-electron chi connectivity index (χ3n) is 19.0. The third kappa shape index (κ3) is 48.1. The molecule has 14 heteroatoms. The molecule has 2 aliphatic heterocycles. The van der Waals surface area contributed by atoms with Crippen LogP contribution < -0.4 is 5.32 Å². The maximum Gasteiger partial charge on any atom is 0.220 e. The van der Waals surface area contributed by atoms with E-state index in [0.717, 1.165) is 70.6 Å². The van der Waals surface area contributed by atoms with Crippen LogP contribution in [0.25, 0.3) is 0 Å². The molecular formula is C82H147NO13. The van der Waals surface area contributed by atoms with Crippen LogP contribution in [0.5, 0.6) is 0 Å². The van der Waals surface area contributed by atoms with Gasteiger partial charge in [0.2, 0.25) is 5.91 Å². The molecule has 0 aliphatic carbocycles. The van der Waals surface area contributed by atoms with E-state index in [1.807, 2.05) is 6.08 Å². The fraction of sp³-hybridized carbons (Fsp3) is 0.817. The van der Waals surface area contributed by atoms with Crippen molar-refractivity contribution >= 4 is 5.91 Å². The standard InChI is InChI=1S/C82H147NO13/c1-3-5-7-9-11-13-15-17-19-21-23-25-27-29-31-32-33-34-35-36-37-38-40-42-44-46-48-50-52-54-56-58-60-62-64-66-74(87)83-70(69-93-81-79(92)77(90)80(73(68-85)95-81)96-82-78(91)76(89)75(88)72(67-84)94-82)71(86)65-63-61-59-57-55-53-51-49-47-45-43-41-39-30-28-26-24-22-20-18-16-14-12-10-8-6-4-2/h5,7,11,13,17,19,23,25,47,49,55,57,63,65,70-73,75-82,84-86,88-92H,3-4,6,8-10,12,14-16,18,20-22,24,26-46,48,50-54,56,58-62,64,66-69H2,1-2H3,(H,83,87)/b7-5-,13-11-,19-17-,25-23-,49-47+,57-55+,65-63+. The molecule has 14 nitrogen and oxygen atoms in total. The molecule has 2 fully saturated rings. The van der Waals surface area contributed by atoms with Crippen LogP contribution in [-0.2, 0) is 23.7 Å². The Morgan fingerprint density at radius 3 is 1.15 bits per heavy atom. The number of aliphatic hydroxyl groups excluding tert-OH is 8. The van der Waals surface area contributed by atoms with E-state index >= 15 is 0 Å². The number of amides is 1. The number of ether oxygens (including phenoxy) is 4. The summed E-state index contributed by atoms with van der Waals surface area (Å²) in [7, 11) is 0. The van der Waals surface area contributed by atoms with Gasteiger partial charge in [-0.1, -0.05) is 330 Å². The number of aliphatic hydroxyl groups is 8. The summed E-state index contributed by atoms with van der Waals surface area (Å²) in [5, 5.41) is 87.6. The van der Waals surface area contributed by atoms with Gasteiger partial charge < -0.3 is 65.1 Å². The van der Waals surface area contributed by atoms with Gasteiger partial charge in [-0.25, -0.2) is 0 Å². The first-order valence-electron chi connectivity index (χ1n) is 39.8. The van der Waals surface area contributed by atoms with Gasteiger partial charge >= 0.3 is 0 Å². The molecule has 0 aromatic carbocycles. The first-order chi connectivity index (χ1) is 47.1. The Balaban J connectivity index is 1.63. The van der Waals surface area contributed by atoms with Crippen molar-refractivity contribution in [3.8, 4) is 0 Å². The highest BCUT2D eigenvalue weighted by molar-refractivity contribution is 5.76. The van der Waals surface area contributed by atoms with Crippen molar-refractivity contribution in [2.24, 2.45) is 0 Å². The van der Waals surface area contributed by atoms with Crippen LogP contribution in [-0.4, -0.2) is 140 Å². The first-order valence-corrected chi connectivity index (χ1v) is 39.8. The van der Waals surface area contributed by atoms with E-state index in [0.29, 0.717) is 12.8 Å². The second-order valence-corrected chi connectivity index (χ2v) is 27.8. The van der Waals surface area contributed by atoms with Crippen molar-refractivity contribution in [2.75, 3.05) is 19.8 Å². The van der Waals surface area contributed by atoms with Gasteiger partial charge in [-0.15, -0.1) is 0 Å². The number of allylic oxidation sites excluding steroid dienone is 13. The Labute approximate surface area is 586 Å². The van der Waals surface area contributed by atoms with Gasteiger partial charge in [-0.05, 0) is 83.5 Å². The summed E-state index contributed by atoms with van der Waals surface area (Å²) in [5.41, 5.74) is 0. The minimum Gasteiger partial charge on any atom is -0.394 e. The Morgan fingerprint density at radius 1 is 0.385 bits per heavy atom. The number of carbonyl (C=O) groups excluding carboxylic acids is 1. The highest BCUT2D eigenvalue weighted by Crippen LogP contribution is 2.30. The summed E-state index contributed by atoms with van der Waals surface area (Å²) in [5.74, 6) is -0.249. The average molecular weight is 1360 g/mol. The fourth-order valence-electron chi connectivity index (χ4n) is 12.8. The number of hydrogen-bond acceptors (Lipinski definition) is 13. The number of nitrogens with one attached hydrogen (secondary N) is 1. The molecule has 12 atom stereocenters. The van der Waals surface area contributed by atoms with Crippen molar-refractivity contribution < 1.29 is 64.6 Å². The van der Waals surface area contributed by atoms with Crippen molar-refractivity contribution in [3.63, 3.8) is 0 Å². The van der Waals surface area contributed by atoms with E-state index in [-0.39, 0.29) is 18.9 Å². The van der Waals surface area contributed by atoms with Gasteiger partial charge in [0.1, 0.15) is 48.8 Å². The maximum absolute atomic E-state index is 13.4. The molecule has 1 amide bonds. The van der Waals surface area contributed by atoms with E-state index < -0.39 is 86.8 Å². The molecule has 96 heavy (non-hydrogen) atoms. The van der Waals surface area contributed by atoms with E-state index in [1.54, 1.807) is 6.08 Å². The van der Waals surface area contributed by atoms with Gasteiger partial charge in [0.25, 0.3) is 0 Å². The van der Waals surface area contributed by atoms with Crippen molar-refractivity contribution in [1.82, 2.24) is 5.32 Å². The predicted molar refractivity (Wildman–Crippen MR) is 396 cm³/mol. The number of unbranched alkanes of at least 4 members (excludes halogenated alkanes) is 41. The summed E-state index contributed by atoms with van der Waals surface area (Å²) in [4.78, 5) is 13.4. The molecule has 2 saturated heterocycles. The zero-order chi connectivity index (χ0) is 69.4. The van der Waals surface area contributed by atoms with Crippen LogP contribution >= 0.6 is 0 Å². The van der Waals surface area contributed by atoms with Crippen LogP contribution in [0.3, 0.4) is 0 Å². The Morgan fingerprint density at radius 2 is 0.729 bits per heavy atom. The second kappa shape index (κ2) is 65.5. The molecule has 0 aromatic rings. The van der Waals surface area contributed by atoms with Gasteiger partial charge in [0.15, 0.2) is 12.6 Å². The molecule has 2 heterocycles. The summed E-state index contributed by atoms with van der Waals surface area (Å²) in [6.45, 7) is 2.71. The molecule has 0 bridgehead atoms. The number of carbonyl (C=O) groups is 1. The molecule has 2 rings (SSSR count). The highest BCUT2D eigenvalue weighted by atomic mass is 16.7. The summed E-state index contributed by atoms with van der Waals surface area (Å²) in [6.07, 6.45) is 75.3. The molecule has 9 N–H and O–H groups in total. The third-order valence-corrected chi connectivity index (χ3v) is 19.0. The highest BCUT2D eigenvalue weighted by Gasteiger charge is 2.51. The van der Waals surface area contributed by atoms with Crippen LogP contribution in [0.15, 0.2) is 85.1 Å². The van der Waals surface area contributed by atoms with Gasteiger partial charge in [0, 0.05) is 6.42 Å². The molecule has 12 unspecified atom stereocenters. The normalized spacial score (nSPS) is 22.7. The van der Waals surface area contributed by atoms with Crippen molar-refractivity contribution in [2.45, 2.75) is 408 Å². The van der Waals surface area contributed by atoms with E-state index in [4.69, 9.17) is 18.9 Å².